The second kappa shape index (κ2) is 12.3. The van der Waals surface area contributed by atoms with Crippen LogP contribution in [-0.2, 0) is 5.41 Å². The van der Waals surface area contributed by atoms with E-state index in [1.165, 1.54) is 66.4 Å². The Labute approximate surface area is 310 Å². The molecular formula is C51H38N2. The number of nitrogens with one attached hydrogen (secondary N) is 1. The van der Waals surface area contributed by atoms with Crippen molar-refractivity contribution in [3.8, 4) is 44.5 Å². The van der Waals surface area contributed by atoms with Crippen molar-refractivity contribution in [2.45, 2.75) is 19.3 Å². The fraction of sp³-hybridized carbons (Fsp3) is 0.0588. The monoisotopic (exact) mass is 678 g/mol. The summed E-state index contributed by atoms with van der Waals surface area (Å²) in [6.45, 7) is 4.78. The van der Waals surface area contributed by atoms with Crippen LogP contribution >= 0.6 is 0 Å². The molecule has 1 heterocycles. The molecule has 1 N–H and O–H groups in total. The number of aromatic amines is 1. The van der Waals surface area contributed by atoms with E-state index in [4.69, 9.17) is 0 Å². The fourth-order valence-electron chi connectivity index (χ4n) is 8.80. The number of aromatic nitrogens is 1. The summed E-state index contributed by atoms with van der Waals surface area (Å²) in [6.07, 6.45) is 0. The van der Waals surface area contributed by atoms with Gasteiger partial charge >= 0.3 is 0 Å². The molecule has 2 heteroatoms. The highest BCUT2D eigenvalue weighted by Crippen LogP contribution is 2.57. The molecule has 0 bridgehead atoms. The van der Waals surface area contributed by atoms with Gasteiger partial charge in [-0.05, 0) is 80.9 Å². The van der Waals surface area contributed by atoms with Gasteiger partial charge in [0.05, 0.1) is 11.4 Å². The van der Waals surface area contributed by atoms with Gasteiger partial charge in [0.25, 0.3) is 0 Å². The average molecular weight is 679 g/mol. The number of fused-ring (bicyclic) bond motifs is 6. The number of anilines is 3. The quantitative estimate of drug-likeness (QED) is 0.185. The number of nitrogens with zero attached hydrogens (tertiary/aromatic N) is 1. The van der Waals surface area contributed by atoms with Crippen molar-refractivity contribution in [2.75, 3.05) is 4.90 Å². The van der Waals surface area contributed by atoms with Crippen LogP contribution < -0.4 is 4.90 Å². The molecule has 10 rings (SSSR count). The maximum atomic E-state index is 3.73. The second-order valence-corrected chi connectivity index (χ2v) is 14.6. The molecule has 1 aromatic heterocycles. The van der Waals surface area contributed by atoms with E-state index >= 15 is 0 Å². The van der Waals surface area contributed by atoms with Gasteiger partial charge in [-0.25, -0.2) is 0 Å². The molecule has 0 saturated carbocycles. The molecule has 1 aliphatic rings. The van der Waals surface area contributed by atoms with Crippen LogP contribution in [-0.4, -0.2) is 4.98 Å². The molecule has 0 atom stereocenters. The summed E-state index contributed by atoms with van der Waals surface area (Å²) < 4.78 is 0. The molecule has 1 aliphatic carbocycles. The molecule has 0 spiro atoms. The SMILES string of the molecule is CC1(C)c2ccccc2-c2ccc(N(c3ccc(-c4ccccc4)cc3)c3ccc4[nH]c5ccccc5c4c3-c3ccccc3)c(-c3ccccc3)c21. The lowest BCUT2D eigenvalue weighted by Crippen LogP contribution is -2.19. The van der Waals surface area contributed by atoms with E-state index in [9.17, 15) is 0 Å². The van der Waals surface area contributed by atoms with Gasteiger partial charge in [0.2, 0.25) is 0 Å². The summed E-state index contributed by atoms with van der Waals surface area (Å²) in [5.41, 5.74) is 18.1. The Hall–Kier alpha value is -6.64. The van der Waals surface area contributed by atoms with Gasteiger partial charge in [0.15, 0.2) is 0 Å². The molecule has 0 saturated heterocycles. The number of para-hydroxylation sites is 1. The molecule has 2 nitrogen and oxygen atoms in total. The minimum Gasteiger partial charge on any atom is -0.354 e. The van der Waals surface area contributed by atoms with Crippen molar-refractivity contribution in [3.05, 3.63) is 199 Å². The van der Waals surface area contributed by atoms with Gasteiger partial charge in [-0.2, -0.15) is 0 Å². The third kappa shape index (κ3) is 4.94. The largest absolute Gasteiger partial charge is 0.354 e. The Morgan fingerprint density at radius 2 is 0.962 bits per heavy atom. The fourth-order valence-corrected chi connectivity index (χ4v) is 8.80. The van der Waals surface area contributed by atoms with E-state index in [0.717, 1.165) is 28.1 Å². The van der Waals surface area contributed by atoms with Crippen LogP contribution in [0.25, 0.3) is 66.3 Å². The molecule has 0 fully saturated rings. The van der Waals surface area contributed by atoms with Crippen LogP contribution in [0.15, 0.2) is 188 Å². The highest BCUT2D eigenvalue weighted by Gasteiger charge is 2.39. The van der Waals surface area contributed by atoms with Gasteiger partial charge in [-0.3, -0.25) is 0 Å². The molecule has 8 aromatic carbocycles. The summed E-state index contributed by atoms with van der Waals surface area (Å²) in [6, 6.07) is 68.6. The molecule has 252 valence electrons. The summed E-state index contributed by atoms with van der Waals surface area (Å²) in [7, 11) is 0. The first-order chi connectivity index (χ1) is 26.1. The smallest absolute Gasteiger partial charge is 0.0548 e. The Balaban J connectivity index is 1.32. The minimum absolute atomic E-state index is 0.209. The normalized spacial score (nSPS) is 12.9. The second-order valence-electron chi connectivity index (χ2n) is 14.6. The predicted octanol–water partition coefficient (Wildman–Crippen LogP) is 14.1. The summed E-state index contributed by atoms with van der Waals surface area (Å²) in [5.74, 6) is 0. The van der Waals surface area contributed by atoms with Crippen molar-refractivity contribution in [1.82, 2.24) is 4.98 Å². The van der Waals surface area contributed by atoms with E-state index in [-0.39, 0.29) is 5.41 Å². The number of hydrogen-bond acceptors (Lipinski definition) is 1. The van der Waals surface area contributed by atoms with Crippen LogP contribution in [0.3, 0.4) is 0 Å². The van der Waals surface area contributed by atoms with Crippen molar-refractivity contribution in [3.63, 3.8) is 0 Å². The summed E-state index contributed by atoms with van der Waals surface area (Å²) in [4.78, 5) is 6.25. The number of rotatable bonds is 6. The lowest BCUT2D eigenvalue weighted by Gasteiger charge is -2.33. The van der Waals surface area contributed by atoms with E-state index in [1.54, 1.807) is 0 Å². The maximum absolute atomic E-state index is 3.73. The Bertz CT molecular complexity index is 2780. The van der Waals surface area contributed by atoms with Crippen LogP contribution in [0.1, 0.15) is 25.0 Å². The van der Waals surface area contributed by atoms with Gasteiger partial charge in [0.1, 0.15) is 0 Å². The number of H-pyrrole nitrogens is 1. The maximum Gasteiger partial charge on any atom is 0.0548 e. The van der Waals surface area contributed by atoms with Gasteiger partial charge in [0, 0.05) is 44.0 Å². The van der Waals surface area contributed by atoms with E-state index in [2.05, 4.69) is 212 Å². The van der Waals surface area contributed by atoms with Crippen molar-refractivity contribution < 1.29 is 0 Å². The van der Waals surface area contributed by atoms with Crippen molar-refractivity contribution >= 4 is 38.9 Å². The highest BCUT2D eigenvalue weighted by molar-refractivity contribution is 6.18. The molecule has 0 radical (unpaired) electrons. The van der Waals surface area contributed by atoms with Gasteiger partial charge in [-0.15, -0.1) is 0 Å². The first kappa shape index (κ1) is 31.1. The van der Waals surface area contributed by atoms with Gasteiger partial charge < -0.3 is 9.88 Å². The highest BCUT2D eigenvalue weighted by atomic mass is 15.1. The third-order valence-electron chi connectivity index (χ3n) is 11.2. The van der Waals surface area contributed by atoms with E-state index in [0.29, 0.717) is 0 Å². The van der Waals surface area contributed by atoms with Gasteiger partial charge in [-0.1, -0.05) is 166 Å². The topological polar surface area (TPSA) is 19.0 Å². The first-order valence-electron chi connectivity index (χ1n) is 18.5. The first-order valence-corrected chi connectivity index (χ1v) is 18.5. The van der Waals surface area contributed by atoms with Crippen LogP contribution in [0.5, 0.6) is 0 Å². The Kier molecular flexibility index (Phi) is 7.19. The van der Waals surface area contributed by atoms with E-state index in [1.807, 2.05) is 0 Å². The molecule has 0 amide bonds. The zero-order valence-electron chi connectivity index (χ0n) is 29.8. The molecule has 53 heavy (non-hydrogen) atoms. The van der Waals surface area contributed by atoms with Crippen LogP contribution in [0, 0.1) is 0 Å². The Morgan fingerprint density at radius 3 is 1.68 bits per heavy atom. The van der Waals surface area contributed by atoms with Crippen molar-refractivity contribution in [1.29, 1.82) is 0 Å². The third-order valence-corrected chi connectivity index (χ3v) is 11.2. The van der Waals surface area contributed by atoms with Crippen molar-refractivity contribution in [2.24, 2.45) is 0 Å². The van der Waals surface area contributed by atoms with Crippen LogP contribution in [0.2, 0.25) is 0 Å². The molecule has 9 aromatic rings. The molecular weight excluding hydrogens is 641 g/mol. The zero-order valence-corrected chi connectivity index (χ0v) is 29.8. The lowest BCUT2D eigenvalue weighted by atomic mass is 9.78. The standard InChI is InChI=1S/C51H38N2/c1-51(2)42-24-14-12-22-39(42)40-30-32-46(48(50(40)51)37-20-10-5-11-21-37)53(38-28-26-35(27-29-38)34-16-6-3-7-17-34)45-33-31-44-49(41-23-13-15-25-43(41)52-44)47(45)36-18-8-4-9-19-36/h3-33,52H,1-2H3. The molecule has 0 unspecified atom stereocenters. The lowest BCUT2D eigenvalue weighted by molar-refractivity contribution is 0.662. The number of benzene rings is 8. The minimum atomic E-state index is -0.209. The zero-order chi connectivity index (χ0) is 35.5. The average Bonchev–Trinajstić information content (AvgIpc) is 3.71. The Morgan fingerprint density at radius 1 is 0.415 bits per heavy atom. The number of hydrogen-bond donors (Lipinski definition) is 1. The predicted molar refractivity (Wildman–Crippen MR) is 224 cm³/mol. The summed E-state index contributed by atoms with van der Waals surface area (Å²) >= 11 is 0. The van der Waals surface area contributed by atoms with Crippen LogP contribution in [0.4, 0.5) is 17.1 Å². The van der Waals surface area contributed by atoms with E-state index < -0.39 is 0 Å². The molecule has 0 aliphatic heterocycles. The summed E-state index contributed by atoms with van der Waals surface area (Å²) in [5, 5.41) is 2.45.